The van der Waals surface area contributed by atoms with Crippen molar-refractivity contribution in [3.05, 3.63) is 35.4 Å². The maximum Gasteiger partial charge on any atom is 0.225 e. The Kier molecular flexibility index (Phi) is 5.07. The van der Waals surface area contributed by atoms with Crippen molar-refractivity contribution in [3.8, 4) is 6.07 Å². The van der Waals surface area contributed by atoms with Crippen molar-refractivity contribution < 1.29 is 4.79 Å². The number of rotatable bonds is 5. The van der Waals surface area contributed by atoms with Crippen molar-refractivity contribution in [2.24, 2.45) is 0 Å². The lowest BCUT2D eigenvalue weighted by Gasteiger charge is -2.03. The predicted octanol–water partition coefficient (Wildman–Crippen LogP) is 1.82. The highest BCUT2D eigenvalue weighted by molar-refractivity contribution is 5.78. The number of aryl methyl sites for hydroxylation is 1. The summed E-state index contributed by atoms with van der Waals surface area (Å²) in [6, 6.07) is 9.92. The summed E-state index contributed by atoms with van der Waals surface area (Å²) in [6.45, 7) is 2.22. The average molecular weight is 216 g/mol. The zero-order valence-corrected chi connectivity index (χ0v) is 9.49. The SMILES string of the molecule is CCCc1ccc(CC(=O)NCC#N)cc1. The third-order valence-corrected chi connectivity index (χ3v) is 2.29. The summed E-state index contributed by atoms with van der Waals surface area (Å²) in [7, 11) is 0. The maximum atomic E-state index is 11.3. The fraction of sp³-hybridized carbons (Fsp3) is 0.385. The molecule has 0 bridgehead atoms. The molecule has 0 spiro atoms. The van der Waals surface area contributed by atoms with E-state index in [9.17, 15) is 4.79 Å². The monoisotopic (exact) mass is 216 g/mol. The number of amides is 1. The molecule has 0 heterocycles. The van der Waals surface area contributed by atoms with Crippen LogP contribution in [0.4, 0.5) is 0 Å². The van der Waals surface area contributed by atoms with Gasteiger partial charge in [-0.15, -0.1) is 0 Å². The van der Waals surface area contributed by atoms with Gasteiger partial charge in [-0.2, -0.15) is 5.26 Å². The second-order valence-electron chi connectivity index (χ2n) is 3.68. The number of hydrogen-bond donors (Lipinski definition) is 1. The van der Waals surface area contributed by atoms with E-state index in [1.165, 1.54) is 5.56 Å². The minimum atomic E-state index is -0.107. The van der Waals surface area contributed by atoms with Gasteiger partial charge in [-0.25, -0.2) is 0 Å². The summed E-state index contributed by atoms with van der Waals surface area (Å²) in [5.74, 6) is -0.107. The molecule has 16 heavy (non-hydrogen) atoms. The first-order valence-corrected chi connectivity index (χ1v) is 5.47. The lowest BCUT2D eigenvalue weighted by atomic mass is 10.1. The van der Waals surface area contributed by atoms with Crippen LogP contribution in [-0.4, -0.2) is 12.5 Å². The highest BCUT2D eigenvalue weighted by Gasteiger charge is 2.02. The number of benzene rings is 1. The molecule has 1 amide bonds. The van der Waals surface area contributed by atoms with E-state index < -0.39 is 0 Å². The Hall–Kier alpha value is -1.82. The van der Waals surface area contributed by atoms with Gasteiger partial charge in [-0.3, -0.25) is 4.79 Å². The molecule has 1 rings (SSSR count). The van der Waals surface area contributed by atoms with Crippen LogP contribution in [0.15, 0.2) is 24.3 Å². The first-order valence-electron chi connectivity index (χ1n) is 5.47. The fourth-order valence-corrected chi connectivity index (χ4v) is 1.50. The number of nitriles is 1. The molecule has 0 aliphatic rings. The number of hydrogen-bond acceptors (Lipinski definition) is 2. The molecule has 0 saturated heterocycles. The standard InChI is InChI=1S/C13H16N2O/c1-2-3-11-4-6-12(7-5-11)10-13(16)15-9-8-14/h4-7H,2-3,9-10H2,1H3,(H,15,16). The van der Waals surface area contributed by atoms with Crippen molar-refractivity contribution >= 4 is 5.91 Å². The van der Waals surface area contributed by atoms with E-state index in [-0.39, 0.29) is 12.5 Å². The second-order valence-corrected chi connectivity index (χ2v) is 3.68. The molecule has 3 nitrogen and oxygen atoms in total. The van der Waals surface area contributed by atoms with Crippen molar-refractivity contribution in [3.63, 3.8) is 0 Å². The molecule has 1 aromatic rings. The Morgan fingerprint density at radius 3 is 2.50 bits per heavy atom. The molecule has 0 radical (unpaired) electrons. The molecular weight excluding hydrogens is 200 g/mol. The molecule has 0 saturated carbocycles. The first kappa shape index (κ1) is 12.3. The molecule has 0 aromatic heterocycles. The van der Waals surface area contributed by atoms with Crippen LogP contribution in [0.1, 0.15) is 24.5 Å². The van der Waals surface area contributed by atoms with E-state index in [4.69, 9.17) is 5.26 Å². The summed E-state index contributed by atoms with van der Waals surface area (Å²) in [5.41, 5.74) is 2.28. The van der Waals surface area contributed by atoms with E-state index in [0.29, 0.717) is 6.42 Å². The van der Waals surface area contributed by atoms with Crippen LogP contribution in [0, 0.1) is 11.3 Å². The summed E-state index contributed by atoms with van der Waals surface area (Å²) in [5, 5.41) is 10.8. The van der Waals surface area contributed by atoms with E-state index in [1.807, 2.05) is 18.2 Å². The Labute approximate surface area is 96.1 Å². The molecule has 0 atom stereocenters. The van der Waals surface area contributed by atoms with Gasteiger partial charge in [-0.1, -0.05) is 37.6 Å². The van der Waals surface area contributed by atoms with Crippen LogP contribution < -0.4 is 5.32 Å². The summed E-state index contributed by atoms with van der Waals surface area (Å²) < 4.78 is 0. The van der Waals surface area contributed by atoms with Crippen molar-refractivity contribution in [1.82, 2.24) is 5.32 Å². The average Bonchev–Trinajstić information content (AvgIpc) is 2.29. The summed E-state index contributed by atoms with van der Waals surface area (Å²) >= 11 is 0. The van der Waals surface area contributed by atoms with Crippen LogP contribution in [0.5, 0.6) is 0 Å². The molecule has 1 aromatic carbocycles. The van der Waals surface area contributed by atoms with Crippen molar-refractivity contribution in [1.29, 1.82) is 5.26 Å². The number of carbonyl (C=O) groups is 1. The van der Waals surface area contributed by atoms with Crippen LogP contribution in [0.25, 0.3) is 0 Å². The highest BCUT2D eigenvalue weighted by Crippen LogP contribution is 2.07. The number of carbonyl (C=O) groups excluding carboxylic acids is 1. The lowest BCUT2D eigenvalue weighted by molar-refractivity contribution is -0.120. The van der Waals surface area contributed by atoms with Crippen LogP contribution >= 0.6 is 0 Å². The predicted molar refractivity (Wildman–Crippen MR) is 62.8 cm³/mol. The number of nitrogens with one attached hydrogen (secondary N) is 1. The van der Waals surface area contributed by atoms with E-state index in [0.717, 1.165) is 18.4 Å². The first-order chi connectivity index (χ1) is 7.76. The van der Waals surface area contributed by atoms with Gasteiger partial charge in [0.1, 0.15) is 6.54 Å². The maximum absolute atomic E-state index is 11.3. The molecule has 3 heteroatoms. The Balaban J connectivity index is 2.49. The van der Waals surface area contributed by atoms with Gasteiger partial charge in [0.05, 0.1) is 12.5 Å². The summed E-state index contributed by atoms with van der Waals surface area (Å²) in [6.07, 6.45) is 2.54. The third-order valence-electron chi connectivity index (χ3n) is 2.29. The van der Waals surface area contributed by atoms with E-state index >= 15 is 0 Å². The van der Waals surface area contributed by atoms with Crippen LogP contribution in [0.3, 0.4) is 0 Å². The molecule has 0 aliphatic carbocycles. The zero-order chi connectivity index (χ0) is 11.8. The van der Waals surface area contributed by atoms with Gasteiger partial charge < -0.3 is 5.32 Å². The third kappa shape index (κ3) is 4.14. The largest absolute Gasteiger partial charge is 0.343 e. The van der Waals surface area contributed by atoms with Gasteiger partial charge in [-0.05, 0) is 17.5 Å². The van der Waals surface area contributed by atoms with Crippen LogP contribution in [0.2, 0.25) is 0 Å². The molecule has 1 N–H and O–H groups in total. The summed E-state index contributed by atoms with van der Waals surface area (Å²) in [4.78, 5) is 11.3. The molecule has 84 valence electrons. The quantitative estimate of drug-likeness (QED) is 0.763. The second kappa shape index (κ2) is 6.62. The Morgan fingerprint density at radius 2 is 1.94 bits per heavy atom. The highest BCUT2D eigenvalue weighted by atomic mass is 16.1. The molecule has 0 unspecified atom stereocenters. The Morgan fingerprint density at radius 1 is 1.31 bits per heavy atom. The van der Waals surface area contributed by atoms with Gasteiger partial charge in [0.2, 0.25) is 5.91 Å². The van der Waals surface area contributed by atoms with Crippen molar-refractivity contribution in [2.45, 2.75) is 26.2 Å². The minimum absolute atomic E-state index is 0.0761. The van der Waals surface area contributed by atoms with E-state index in [1.54, 1.807) is 0 Å². The molecule has 0 aliphatic heterocycles. The Bertz CT molecular complexity index is 376. The molecule has 0 fully saturated rings. The lowest BCUT2D eigenvalue weighted by Crippen LogP contribution is -2.25. The van der Waals surface area contributed by atoms with E-state index in [2.05, 4.69) is 24.4 Å². The van der Waals surface area contributed by atoms with Crippen molar-refractivity contribution in [2.75, 3.05) is 6.54 Å². The van der Waals surface area contributed by atoms with Gasteiger partial charge in [0, 0.05) is 0 Å². The molecular formula is C13H16N2O. The normalized spacial score (nSPS) is 9.50. The van der Waals surface area contributed by atoms with Gasteiger partial charge in [0.15, 0.2) is 0 Å². The van der Waals surface area contributed by atoms with Gasteiger partial charge in [0.25, 0.3) is 0 Å². The smallest absolute Gasteiger partial charge is 0.225 e. The van der Waals surface area contributed by atoms with Crippen LogP contribution in [-0.2, 0) is 17.6 Å². The number of nitrogens with zero attached hydrogens (tertiary/aromatic N) is 1. The topological polar surface area (TPSA) is 52.9 Å². The van der Waals surface area contributed by atoms with Gasteiger partial charge >= 0.3 is 0 Å². The fourth-order valence-electron chi connectivity index (χ4n) is 1.50. The minimum Gasteiger partial charge on any atom is -0.343 e. The zero-order valence-electron chi connectivity index (χ0n) is 9.49.